The Bertz CT molecular complexity index is 1040. The SMILES string of the molecule is CCN(CC)CCCNC(=O)c1c(-c2ccccc2)c2ccccc2c(=O)n1C. The molecule has 152 valence electrons. The summed E-state index contributed by atoms with van der Waals surface area (Å²) in [6.07, 6.45) is 0.871. The number of amides is 1. The van der Waals surface area contributed by atoms with Crippen LogP contribution in [0.15, 0.2) is 59.4 Å². The van der Waals surface area contributed by atoms with E-state index in [0.29, 0.717) is 17.6 Å². The van der Waals surface area contributed by atoms with Gasteiger partial charge in [-0.25, -0.2) is 0 Å². The van der Waals surface area contributed by atoms with Gasteiger partial charge in [0.1, 0.15) is 5.69 Å². The summed E-state index contributed by atoms with van der Waals surface area (Å²) in [6, 6.07) is 17.3. The number of hydrogen-bond acceptors (Lipinski definition) is 3. The van der Waals surface area contributed by atoms with E-state index in [-0.39, 0.29) is 11.5 Å². The highest BCUT2D eigenvalue weighted by molar-refractivity contribution is 6.08. The Hall–Kier alpha value is -2.92. The molecule has 0 atom stereocenters. The molecule has 1 heterocycles. The van der Waals surface area contributed by atoms with Gasteiger partial charge >= 0.3 is 0 Å². The zero-order valence-corrected chi connectivity index (χ0v) is 17.4. The first kappa shape index (κ1) is 20.8. The van der Waals surface area contributed by atoms with E-state index in [9.17, 15) is 9.59 Å². The van der Waals surface area contributed by atoms with Crippen molar-refractivity contribution in [1.29, 1.82) is 0 Å². The molecule has 0 unspecified atom stereocenters. The van der Waals surface area contributed by atoms with Crippen LogP contribution in [0.2, 0.25) is 0 Å². The Morgan fingerprint density at radius 2 is 1.59 bits per heavy atom. The molecule has 1 aromatic heterocycles. The Balaban J connectivity index is 1.99. The third-order valence-electron chi connectivity index (χ3n) is 5.41. The molecule has 0 aliphatic heterocycles. The molecule has 3 rings (SSSR count). The highest BCUT2D eigenvalue weighted by atomic mass is 16.2. The molecule has 3 aromatic rings. The van der Waals surface area contributed by atoms with E-state index < -0.39 is 0 Å². The van der Waals surface area contributed by atoms with Crippen LogP contribution in [0.3, 0.4) is 0 Å². The van der Waals surface area contributed by atoms with Gasteiger partial charge in [-0.1, -0.05) is 62.4 Å². The molecule has 0 aliphatic carbocycles. The van der Waals surface area contributed by atoms with Crippen LogP contribution in [0.1, 0.15) is 30.8 Å². The summed E-state index contributed by atoms with van der Waals surface area (Å²) in [5, 5.41) is 4.44. The Labute approximate surface area is 172 Å². The normalized spacial score (nSPS) is 11.2. The number of benzene rings is 2. The van der Waals surface area contributed by atoms with Crippen LogP contribution in [0.4, 0.5) is 0 Å². The third kappa shape index (κ3) is 4.40. The lowest BCUT2D eigenvalue weighted by Crippen LogP contribution is -2.34. The number of rotatable bonds is 8. The van der Waals surface area contributed by atoms with Crippen LogP contribution < -0.4 is 10.9 Å². The van der Waals surface area contributed by atoms with E-state index in [1.165, 1.54) is 4.57 Å². The van der Waals surface area contributed by atoms with E-state index in [0.717, 1.165) is 42.6 Å². The van der Waals surface area contributed by atoms with E-state index >= 15 is 0 Å². The molecule has 0 aliphatic rings. The first-order chi connectivity index (χ1) is 14.1. The minimum Gasteiger partial charge on any atom is -0.351 e. The molecule has 0 saturated heterocycles. The van der Waals surface area contributed by atoms with Crippen LogP contribution in [-0.2, 0) is 7.05 Å². The highest BCUT2D eigenvalue weighted by Crippen LogP contribution is 2.30. The Morgan fingerprint density at radius 3 is 2.24 bits per heavy atom. The van der Waals surface area contributed by atoms with Gasteiger partial charge in [0.05, 0.1) is 0 Å². The quantitative estimate of drug-likeness (QED) is 0.596. The molecule has 0 saturated carbocycles. The molecule has 29 heavy (non-hydrogen) atoms. The number of nitrogens with one attached hydrogen (secondary N) is 1. The largest absolute Gasteiger partial charge is 0.351 e. The molecule has 0 spiro atoms. The maximum Gasteiger partial charge on any atom is 0.268 e. The fourth-order valence-electron chi connectivity index (χ4n) is 3.76. The number of carbonyl (C=O) groups is 1. The lowest BCUT2D eigenvalue weighted by molar-refractivity contribution is 0.0943. The topological polar surface area (TPSA) is 54.3 Å². The summed E-state index contributed by atoms with van der Waals surface area (Å²) in [7, 11) is 1.67. The second-order valence-corrected chi connectivity index (χ2v) is 7.14. The zero-order valence-electron chi connectivity index (χ0n) is 17.4. The molecular weight excluding hydrogens is 362 g/mol. The predicted octanol–water partition coefficient (Wildman–Crippen LogP) is 3.67. The van der Waals surface area contributed by atoms with Crippen molar-refractivity contribution in [1.82, 2.24) is 14.8 Å². The molecule has 1 amide bonds. The smallest absolute Gasteiger partial charge is 0.268 e. The van der Waals surface area contributed by atoms with Crippen LogP contribution >= 0.6 is 0 Å². The summed E-state index contributed by atoms with van der Waals surface area (Å²) in [5.74, 6) is -0.214. The Morgan fingerprint density at radius 1 is 0.966 bits per heavy atom. The number of pyridine rings is 1. The minimum atomic E-state index is -0.214. The summed E-state index contributed by atoms with van der Waals surface area (Å²) >= 11 is 0. The molecular formula is C24H29N3O2. The monoisotopic (exact) mass is 391 g/mol. The van der Waals surface area contributed by atoms with Gasteiger partial charge in [0, 0.05) is 24.5 Å². The van der Waals surface area contributed by atoms with Gasteiger partial charge in [-0.05, 0) is 43.1 Å². The number of aromatic nitrogens is 1. The van der Waals surface area contributed by atoms with Crippen molar-refractivity contribution < 1.29 is 4.79 Å². The van der Waals surface area contributed by atoms with Crippen LogP contribution in [0.25, 0.3) is 21.9 Å². The van der Waals surface area contributed by atoms with Crippen molar-refractivity contribution in [3.63, 3.8) is 0 Å². The second-order valence-electron chi connectivity index (χ2n) is 7.14. The number of carbonyl (C=O) groups excluding carboxylic acids is 1. The van der Waals surface area contributed by atoms with Gasteiger partial charge in [0.25, 0.3) is 11.5 Å². The summed E-state index contributed by atoms with van der Waals surface area (Å²) in [6.45, 7) is 7.79. The average molecular weight is 392 g/mol. The molecule has 1 N–H and O–H groups in total. The van der Waals surface area contributed by atoms with Crippen molar-refractivity contribution >= 4 is 16.7 Å². The van der Waals surface area contributed by atoms with Crippen molar-refractivity contribution in [2.24, 2.45) is 7.05 Å². The molecule has 2 aromatic carbocycles. The number of hydrogen-bond donors (Lipinski definition) is 1. The minimum absolute atomic E-state index is 0.159. The van der Waals surface area contributed by atoms with Crippen molar-refractivity contribution in [2.45, 2.75) is 20.3 Å². The number of nitrogens with zero attached hydrogens (tertiary/aromatic N) is 2. The van der Waals surface area contributed by atoms with E-state index in [4.69, 9.17) is 0 Å². The van der Waals surface area contributed by atoms with E-state index in [1.54, 1.807) is 7.05 Å². The summed E-state index contributed by atoms with van der Waals surface area (Å²) in [4.78, 5) is 28.4. The Kier molecular flexibility index (Phi) is 6.83. The molecule has 0 fully saturated rings. The fourth-order valence-corrected chi connectivity index (χ4v) is 3.76. The fraction of sp³-hybridized carbons (Fsp3) is 0.333. The van der Waals surface area contributed by atoms with Gasteiger partial charge in [-0.15, -0.1) is 0 Å². The predicted molar refractivity (Wildman–Crippen MR) is 119 cm³/mol. The van der Waals surface area contributed by atoms with E-state index in [1.807, 2.05) is 54.6 Å². The lowest BCUT2D eigenvalue weighted by atomic mass is 9.96. The van der Waals surface area contributed by atoms with Crippen LogP contribution in [0, 0.1) is 0 Å². The lowest BCUT2D eigenvalue weighted by Gasteiger charge is -2.19. The first-order valence-electron chi connectivity index (χ1n) is 10.3. The van der Waals surface area contributed by atoms with Crippen LogP contribution in [0.5, 0.6) is 0 Å². The summed E-state index contributed by atoms with van der Waals surface area (Å²) in [5.41, 5.74) is 1.97. The first-order valence-corrected chi connectivity index (χ1v) is 10.3. The molecule has 0 radical (unpaired) electrons. The van der Waals surface area contributed by atoms with Gasteiger partial charge < -0.3 is 14.8 Å². The van der Waals surface area contributed by atoms with Gasteiger partial charge in [-0.2, -0.15) is 0 Å². The van der Waals surface area contributed by atoms with Crippen molar-refractivity contribution in [3.8, 4) is 11.1 Å². The van der Waals surface area contributed by atoms with Crippen LogP contribution in [-0.4, -0.2) is 41.6 Å². The second kappa shape index (κ2) is 9.52. The maximum atomic E-state index is 13.2. The molecule has 0 bridgehead atoms. The average Bonchev–Trinajstić information content (AvgIpc) is 2.76. The van der Waals surface area contributed by atoms with Gasteiger partial charge in [0.2, 0.25) is 0 Å². The van der Waals surface area contributed by atoms with Gasteiger partial charge in [0.15, 0.2) is 0 Å². The molecule has 5 nitrogen and oxygen atoms in total. The van der Waals surface area contributed by atoms with E-state index in [2.05, 4.69) is 24.1 Å². The molecule has 5 heteroatoms. The van der Waals surface area contributed by atoms with Crippen molar-refractivity contribution in [2.75, 3.05) is 26.2 Å². The number of fused-ring (bicyclic) bond motifs is 1. The van der Waals surface area contributed by atoms with Crippen molar-refractivity contribution in [3.05, 3.63) is 70.6 Å². The third-order valence-corrected chi connectivity index (χ3v) is 5.41. The maximum absolute atomic E-state index is 13.2. The standard InChI is InChI=1S/C24H29N3O2/c1-4-27(5-2)17-11-16-25-23(28)22-21(18-12-7-6-8-13-18)19-14-9-10-15-20(19)24(29)26(22)3/h6-10,12-15H,4-5,11,16-17H2,1-3H3,(H,25,28). The highest BCUT2D eigenvalue weighted by Gasteiger charge is 2.21. The zero-order chi connectivity index (χ0) is 20.8. The summed E-state index contributed by atoms with van der Waals surface area (Å²) < 4.78 is 1.48. The van der Waals surface area contributed by atoms with Gasteiger partial charge in [-0.3, -0.25) is 9.59 Å².